The van der Waals surface area contributed by atoms with Crippen molar-refractivity contribution in [2.75, 3.05) is 13.7 Å². The Bertz CT molecular complexity index is 576. The smallest absolute Gasteiger partial charge is 0.122 e. The van der Waals surface area contributed by atoms with Gasteiger partial charge in [0.2, 0.25) is 0 Å². The number of aryl methyl sites for hydroxylation is 1. The molecule has 0 saturated carbocycles. The van der Waals surface area contributed by atoms with Crippen molar-refractivity contribution < 1.29 is 14.6 Å². The summed E-state index contributed by atoms with van der Waals surface area (Å²) in [4.78, 5) is 0. The molecule has 0 bridgehead atoms. The summed E-state index contributed by atoms with van der Waals surface area (Å²) in [6.45, 7) is 4.76. The first kappa shape index (κ1) is 15.4. The van der Waals surface area contributed by atoms with Crippen LogP contribution in [0.25, 0.3) is 0 Å². The van der Waals surface area contributed by atoms with E-state index < -0.39 is 6.10 Å². The molecule has 2 rings (SSSR count). The largest absolute Gasteiger partial charge is 0.496 e. The third-order valence-electron chi connectivity index (χ3n) is 3.42. The van der Waals surface area contributed by atoms with Crippen LogP contribution in [0.4, 0.5) is 0 Å². The number of aliphatic hydroxyl groups is 1. The Balaban J connectivity index is 2.17. The van der Waals surface area contributed by atoms with Crippen molar-refractivity contribution in [2.45, 2.75) is 26.4 Å². The van der Waals surface area contributed by atoms with Gasteiger partial charge in [-0.2, -0.15) is 0 Å². The average molecular weight is 286 g/mol. The fraction of sp³-hybridized carbons (Fsp3) is 0.333. The van der Waals surface area contributed by atoms with E-state index in [1.165, 1.54) is 0 Å². The van der Waals surface area contributed by atoms with E-state index in [0.29, 0.717) is 6.61 Å². The quantitative estimate of drug-likeness (QED) is 0.876. The topological polar surface area (TPSA) is 38.7 Å². The normalized spacial score (nSPS) is 12.0. The molecule has 0 aromatic heterocycles. The fourth-order valence-corrected chi connectivity index (χ4v) is 2.17. The molecule has 3 nitrogen and oxygen atoms in total. The Morgan fingerprint density at radius 3 is 2.33 bits per heavy atom. The highest BCUT2D eigenvalue weighted by molar-refractivity contribution is 5.41. The summed E-state index contributed by atoms with van der Waals surface area (Å²) in [7, 11) is 1.64. The van der Waals surface area contributed by atoms with E-state index in [9.17, 15) is 5.11 Å². The van der Waals surface area contributed by atoms with Gasteiger partial charge in [0.15, 0.2) is 0 Å². The number of benzene rings is 2. The predicted molar refractivity (Wildman–Crippen MR) is 84.0 cm³/mol. The highest BCUT2D eigenvalue weighted by Gasteiger charge is 2.12. The molecule has 0 aliphatic heterocycles. The Hall–Kier alpha value is -2.00. The summed E-state index contributed by atoms with van der Waals surface area (Å²) in [6, 6.07) is 13.3. The number of hydrogen-bond donors (Lipinski definition) is 1. The van der Waals surface area contributed by atoms with E-state index in [1.807, 2.05) is 49.4 Å². The van der Waals surface area contributed by atoms with E-state index in [4.69, 9.17) is 9.47 Å². The van der Waals surface area contributed by atoms with Crippen LogP contribution in [-0.4, -0.2) is 18.8 Å². The molecule has 0 radical (unpaired) electrons. The molecule has 1 atom stereocenters. The number of methoxy groups -OCH3 is 1. The van der Waals surface area contributed by atoms with Crippen LogP contribution in [0.15, 0.2) is 42.5 Å². The van der Waals surface area contributed by atoms with Gasteiger partial charge >= 0.3 is 0 Å². The molecular formula is C18H22O3. The molecule has 1 unspecified atom stereocenters. The Kier molecular flexibility index (Phi) is 5.23. The predicted octanol–water partition coefficient (Wildman–Crippen LogP) is 3.87. The number of rotatable bonds is 6. The van der Waals surface area contributed by atoms with E-state index in [-0.39, 0.29) is 0 Å². The van der Waals surface area contributed by atoms with Crippen molar-refractivity contribution in [3.63, 3.8) is 0 Å². The van der Waals surface area contributed by atoms with Gasteiger partial charge in [-0.3, -0.25) is 0 Å². The molecule has 0 amide bonds. The summed E-state index contributed by atoms with van der Waals surface area (Å²) < 4.78 is 10.9. The molecule has 0 aliphatic rings. The summed E-state index contributed by atoms with van der Waals surface area (Å²) >= 11 is 0. The van der Waals surface area contributed by atoms with Gasteiger partial charge < -0.3 is 14.6 Å². The highest BCUT2D eigenvalue weighted by atomic mass is 16.5. The zero-order valence-corrected chi connectivity index (χ0v) is 12.8. The second-order valence-electron chi connectivity index (χ2n) is 5.05. The second kappa shape index (κ2) is 7.14. The van der Waals surface area contributed by atoms with Crippen molar-refractivity contribution in [1.29, 1.82) is 0 Å². The molecule has 21 heavy (non-hydrogen) atoms. The van der Waals surface area contributed by atoms with Crippen LogP contribution in [0, 0.1) is 6.92 Å². The van der Waals surface area contributed by atoms with Gasteiger partial charge in [-0.1, -0.05) is 31.2 Å². The minimum Gasteiger partial charge on any atom is -0.496 e. The molecule has 3 heteroatoms. The van der Waals surface area contributed by atoms with Crippen LogP contribution in [0.2, 0.25) is 0 Å². The number of ether oxygens (including phenoxy) is 2. The van der Waals surface area contributed by atoms with Crippen LogP contribution in [0.1, 0.15) is 36.1 Å². The Morgan fingerprint density at radius 2 is 1.71 bits per heavy atom. The first-order valence-electron chi connectivity index (χ1n) is 7.21. The average Bonchev–Trinajstić information content (AvgIpc) is 2.53. The zero-order valence-electron chi connectivity index (χ0n) is 12.8. The lowest BCUT2D eigenvalue weighted by atomic mass is 10.00. The van der Waals surface area contributed by atoms with Crippen LogP contribution in [0.5, 0.6) is 11.5 Å². The van der Waals surface area contributed by atoms with Crippen molar-refractivity contribution in [2.24, 2.45) is 0 Å². The zero-order chi connectivity index (χ0) is 15.2. The van der Waals surface area contributed by atoms with E-state index in [2.05, 4.69) is 6.92 Å². The lowest BCUT2D eigenvalue weighted by Crippen LogP contribution is -2.01. The van der Waals surface area contributed by atoms with Gasteiger partial charge in [0, 0.05) is 0 Å². The molecule has 0 aliphatic carbocycles. The van der Waals surface area contributed by atoms with Crippen LogP contribution in [-0.2, 0) is 0 Å². The molecule has 2 aromatic rings. The van der Waals surface area contributed by atoms with Gasteiger partial charge in [-0.05, 0) is 48.2 Å². The first-order chi connectivity index (χ1) is 10.2. The highest BCUT2D eigenvalue weighted by Crippen LogP contribution is 2.28. The summed E-state index contributed by atoms with van der Waals surface area (Å²) in [5, 5.41) is 10.5. The van der Waals surface area contributed by atoms with Gasteiger partial charge in [0.1, 0.15) is 17.6 Å². The molecule has 1 N–H and O–H groups in total. The molecule has 2 aromatic carbocycles. The third-order valence-corrected chi connectivity index (χ3v) is 3.42. The Labute approximate surface area is 126 Å². The summed E-state index contributed by atoms with van der Waals surface area (Å²) in [5.74, 6) is 1.61. The van der Waals surface area contributed by atoms with Crippen molar-refractivity contribution >= 4 is 0 Å². The first-order valence-corrected chi connectivity index (χ1v) is 7.21. The maximum Gasteiger partial charge on any atom is 0.122 e. The second-order valence-corrected chi connectivity index (χ2v) is 5.05. The number of hydrogen-bond acceptors (Lipinski definition) is 3. The van der Waals surface area contributed by atoms with Crippen molar-refractivity contribution in [1.82, 2.24) is 0 Å². The van der Waals surface area contributed by atoms with Crippen molar-refractivity contribution in [3.8, 4) is 11.5 Å². The third kappa shape index (κ3) is 3.76. The standard InChI is InChI=1S/C18H22O3/c1-4-11-21-16-9-7-14(8-10-16)18(19)15-6-5-13(2)17(12-15)20-3/h5-10,12,18-19H,4,11H2,1-3H3. The van der Waals surface area contributed by atoms with Gasteiger partial charge in [-0.15, -0.1) is 0 Å². The van der Waals surface area contributed by atoms with Gasteiger partial charge in [0.25, 0.3) is 0 Å². The molecule has 0 fully saturated rings. The SMILES string of the molecule is CCCOc1ccc(C(O)c2ccc(C)c(OC)c2)cc1. The molecule has 0 spiro atoms. The maximum atomic E-state index is 10.5. The molecular weight excluding hydrogens is 264 g/mol. The van der Waals surface area contributed by atoms with E-state index >= 15 is 0 Å². The summed E-state index contributed by atoms with van der Waals surface area (Å²) in [6.07, 6.45) is 0.313. The number of aliphatic hydroxyl groups excluding tert-OH is 1. The molecule has 0 saturated heterocycles. The van der Waals surface area contributed by atoms with Crippen LogP contribution < -0.4 is 9.47 Å². The van der Waals surface area contributed by atoms with E-state index in [1.54, 1.807) is 7.11 Å². The monoisotopic (exact) mass is 286 g/mol. The minimum absolute atomic E-state index is 0.667. The van der Waals surface area contributed by atoms with Gasteiger partial charge in [0.05, 0.1) is 13.7 Å². The Morgan fingerprint density at radius 1 is 1.05 bits per heavy atom. The maximum absolute atomic E-state index is 10.5. The van der Waals surface area contributed by atoms with Crippen molar-refractivity contribution in [3.05, 3.63) is 59.2 Å². The van der Waals surface area contributed by atoms with Gasteiger partial charge in [-0.25, -0.2) is 0 Å². The van der Waals surface area contributed by atoms with Crippen LogP contribution in [0.3, 0.4) is 0 Å². The van der Waals surface area contributed by atoms with Crippen LogP contribution >= 0.6 is 0 Å². The lowest BCUT2D eigenvalue weighted by Gasteiger charge is -2.14. The lowest BCUT2D eigenvalue weighted by molar-refractivity contribution is 0.219. The van der Waals surface area contributed by atoms with E-state index in [0.717, 1.165) is 34.6 Å². The fourth-order valence-electron chi connectivity index (χ4n) is 2.17. The molecule has 0 heterocycles. The molecule has 112 valence electrons. The minimum atomic E-state index is -0.667. The summed E-state index contributed by atoms with van der Waals surface area (Å²) in [5.41, 5.74) is 2.71.